The predicted octanol–water partition coefficient (Wildman–Crippen LogP) is 0.867. The smallest absolute Gasteiger partial charge is 0.226 e. The Bertz CT molecular complexity index is 586. The molecule has 0 spiro atoms. The number of hydrogen-bond donors (Lipinski definition) is 2. The van der Waals surface area contributed by atoms with E-state index in [0.717, 1.165) is 0 Å². The van der Waals surface area contributed by atoms with Gasteiger partial charge < -0.3 is 11.1 Å². The normalized spacial score (nSPS) is 12.2. The van der Waals surface area contributed by atoms with E-state index < -0.39 is 5.82 Å². The van der Waals surface area contributed by atoms with Crippen molar-refractivity contribution in [3.63, 3.8) is 0 Å². The van der Waals surface area contributed by atoms with Crippen LogP contribution < -0.4 is 11.1 Å². The highest BCUT2D eigenvalue weighted by Gasteiger charge is 2.12. The average Bonchev–Trinajstić information content (AvgIpc) is 2.95. The molecule has 1 amide bonds. The number of carbonyl (C=O) groups is 1. The van der Waals surface area contributed by atoms with Crippen LogP contribution in [0.4, 0.5) is 10.1 Å². The van der Waals surface area contributed by atoms with Gasteiger partial charge in [-0.25, -0.2) is 9.07 Å². The van der Waals surface area contributed by atoms with Crippen LogP contribution in [-0.4, -0.2) is 32.2 Å². The molecule has 0 aliphatic carbocycles. The summed E-state index contributed by atoms with van der Waals surface area (Å²) in [5.41, 5.74) is 6.31. The Labute approximate surface area is 115 Å². The molecule has 1 unspecified atom stereocenters. The van der Waals surface area contributed by atoms with Crippen LogP contribution in [-0.2, 0) is 4.79 Å². The van der Waals surface area contributed by atoms with Gasteiger partial charge in [0.2, 0.25) is 5.91 Å². The SMILES string of the molecule is CCC(N)CC(=O)Nc1cc(-n2cnnn2)ccc1F. The van der Waals surface area contributed by atoms with Crippen LogP contribution >= 0.6 is 0 Å². The highest BCUT2D eigenvalue weighted by molar-refractivity contribution is 5.91. The van der Waals surface area contributed by atoms with Gasteiger partial charge in [-0.15, -0.1) is 5.10 Å². The minimum Gasteiger partial charge on any atom is -0.327 e. The number of tetrazole rings is 1. The molecule has 0 saturated carbocycles. The zero-order chi connectivity index (χ0) is 14.5. The van der Waals surface area contributed by atoms with Crippen molar-refractivity contribution < 1.29 is 9.18 Å². The standard InChI is InChI=1S/C12H15FN6O/c1-2-8(14)5-12(20)16-11-6-9(3-4-10(11)13)19-7-15-17-18-19/h3-4,6-8H,2,5,14H2,1H3,(H,16,20). The van der Waals surface area contributed by atoms with Crippen LogP contribution in [0.3, 0.4) is 0 Å². The molecule has 3 N–H and O–H groups in total. The molecule has 1 aromatic heterocycles. The van der Waals surface area contributed by atoms with Gasteiger partial charge in [0.25, 0.3) is 0 Å². The summed E-state index contributed by atoms with van der Waals surface area (Å²) in [4.78, 5) is 11.7. The molecule has 0 radical (unpaired) electrons. The van der Waals surface area contributed by atoms with E-state index in [4.69, 9.17) is 5.73 Å². The zero-order valence-corrected chi connectivity index (χ0v) is 11.0. The van der Waals surface area contributed by atoms with Crippen molar-refractivity contribution in [1.82, 2.24) is 20.2 Å². The molecule has 0 fully saturated rings. The van der Waals surface area contributed by atoms with E-state index in [1.165, 1.54) is 29.2 Å². The number of nitrogens with one attached hydrogen (secondary N) is 1. The predicted molar refractivity (Wildman–Crippen MR) is 70.6 cm³/mol. The van der Waals surface area contributed by atoms with Crippen molar-refractivity contribution in [2.24, 2.45) is 5.73 Å². The van der Waals surface area contributed by atoms with Crippen LogP contribution in [0.25, 0.3) is 5.69 Å². The molecule has 2 rings (SSSR count). The van der Waals surface area contributed by atoms with Gasteiger partial charge in [-0.1, -0.05) is 6.92 Å². The second kappa shape index (κ2) is 6.20. The highest BCUT2D eigenvalue weighted by Crippen LogP contribution is 2.18. The van der Waals surface area contributed by atoms with Crippen molar-refractivity contribution in [2.45, 2.75) is 25.8 Å². The van der Waals surface area contributed by atoms with Gasteiger partial charge in [0.1, 0.15) is 12.1 Å². The third-order valence-corrected chi connectivity index (χ3v) is 2.81. The first kappa shape index (κ1) is 14.1. The monoisotopic (exact) mass is 278 g/mol. The highest BCUT2D eigenvalue weighted by atomic mass is 19.1. The van der Waals surface area contributed by atoms with Crippen molar-refractivity contribution in [3.8, 4) is 5.69 Å². The van der Waals surface area contributed by atoms with E-state index in [-0.39, 0.29) is 24.1 Å². The Morgan fingerprint density at radius 1 is 1.55 bits per heavy atom. The summed E-state index contributed by atoms with van der Waals surface area (Å²) in [7, 11) is 0. The van der Waals surface area contributed by atoms with E-state index in [1.54, 1.807) is 0 Å². The number of hydrogen-bond acceptors (Lipinski definition) is 5. The lowest BCUT2D eigenvalue weighted by Gasteiger charge is -2.11. The quantitative estimate of drug-likeness (QED) is 0.845. The van der Waals surface area contributed by atoms with E-state index in [1.807, 2.05) is 6.92 Å². The van der Waals surface area contributed by atoms with Crippen LogP contribution in [0.1, 0.15) is 19.8 Å². The Morgan fingerprint density at radius 3 is 3.00 bits per heavy atom. The lowest BCUT2D eigenvalue weighted by Crippen LogP contribution is -2.26. The van der Waals surface area contributed by atoms with Crippen LogP contribution in [0.2, 0.25) is 0 Å². The van der Waals surface area contributed by atoms with Crippen molar-refractivity contribution >= 4 is 11.6 Å². The Morgan fingerprint density at radius 2 is 2.35 bits per heavy atom. The fourth-order valence-corrected chi connectivity index (χ4v) is 1.61. The number of halogens is 1. The first-order chi connectivity index (χ1) is 9.60. The van der Waals surface area contributed by atoms with Crippen molar-refractivity contribution in [1.29, 1.82) is 0 Å². The summed E-state index contributed by atoms with van der Waals surface area (Å²) in [6, 6.07) is 3.98. The summed E-state index contributed by atoms with van der Waals surface area (Å²) in [6.07, 6.45) is 2.21. The lowest BCUT2D eigenvalue weighted by atomic mass is 10.1. The summed E-state index contributed by atoms with van der Waals surface area (Å²) in [6.45, 7) is 1.89. The summed E-state index contributed by atoms with van der Waals surface area (Å²) < 4.78 is 15.1. The van der Waals surface area contributed by atoms with E-state index in [9.17, 15) is 9.18 Å². The Hall–Kier alpha value is -2.35. The fourth-order valence-electron chi connectivity index (χ4n) is 1.61. The van der Waals surface area contributed by atoms with Gasteiger partial charge in [0, 0.05) is 12.5 Å². The molecule has 1 aromatic carbocycles. The van der Waals surface area contributed by atoms with Gasteiger partial charge >= 0.3 is 0 Å². The largest absolute Gasteiger partial charge is 0.327 e. The molecule has 0 saturated heterocycles. The Kier molecular flexibility index (Phi) is 4.36. The van der Waals surface area contributed by atoms with E-state index >= 15 is 0 Å². The van der Waals surface area contributed by atoms with Crippen LogP contribution in [0.5, 0.6) is 0 Å². The second-order valence-corrected chi connectivity index (χ2v) is 4.34. The van der Waals surface area contributed by atoms with Gasteiger partial charge in [-0.05, 0) is 35.0 Å². The average molecular weight is 278 g/mol. The third-order valence-electron chi connectivity index (χ3n) is 2.81. The number of nitrogens with zero attached hydrogens (tertiary/aromatic N) is 4. The van der Waals surface area contributed by atoms with Gasteiger partial charge in [0.15, 0.2) is 0 Å². The molecule has 7 nitrogen and oxygen atoms in total. The topological polar surface area (TPSA) is 98.7 Å². The fraction of sp³-hybridized carbons (Fsp3) is 0.333. The van der Waals surface area contributed by atoms with Gasteiger partial charge in [-0.3, -0.25) is 4.79 Å². The summed E-state index contributed by atoms with van der Waals surface area (Å²) >= 11 is 0. The number of rotatable bonds is 5. The third kappa shape index (κ3) is 3.35. The van der Waals surface area contributed by atoms with Crippen LogP contribution in [0.15, 0.2) is 24.5 Å². The lowest BCUT2D eigenvalue weighted by molar-refractivity contribution is -0.116. The molecule has 106 valence electrons. The number of carbonyl (C=O) groups excluding carboxylic acids is 1. The van der Waals surface area contributed by atoms with E-state index in [2.05, 4.69) is 20.8 Å². The summed E-state index contributed by atoms with van der Waals surface area (Å²) in [5.74, 6) is -0.854. The first-order valence-electron chi connectivity index (χ1n) is 6.18. The zero-order valence-electron chi connectivity index (χ0n) is 11.0. The molecule has 0 aliphatic rings. The molecule has 8 heteroatoms. The maximum Gasteiger partial charge on any atom is 0.226 e. The summed E-state index contributed by atoms with van der Waals surface area (Å²) in [5, 5.41) is 13.2. The molecule has 2 aromatic rings. The minimum absolute atomic E-state index is 0.0753. The van der Waals surface area contributed by atoms with E-state index in [0.29, 0.717) is 12.1 Å². The number of benzene rings is 1. The number of nitrogens with two attached hydrogens (primary N) is 1. The molecular weight excluding hydrogens is 263 g/mol. The minimum atomic E-state index is -0.528. The van der Waals surface area contributed by atoms with Crippen molar-refractivity contribution in [2.75, 3.05) is 5.32 Å². The van der Waals surface area contributed by atoms with Crippen molar-refractivity contribution in [3.05, 3.63) is 30.3 Å². The molecule has 0 bridgehead atoms. The number of aromatic nitrogens is 4. The number of anilines is 1. The molecule has 1 atom stereocenters. The molecule has 20 heavy (non-hydrogen) atoms. The van der Waals surface area contributed by atoms with Crippen LogP contribution in [0, 0.1) is 5.82 Å². The first-order valence-corrected chi connectivity index (χ1v) is 6.18. The second-order valence-electron chi connectivity index (χ2n) is 4.34. The van der Waals surface area contributed by atoms with Gasteiger partial charge in [-0.2, -0.15) is 0 Å². The molecule has 0 aliphatic heterocycles. The van der Waals surface area contributed by atoms with Gasteiger partial charge in [0.05, 0.1) is 11.4 Å². The maximum atomic E-state index is 13.7. The Balaban J connectivity index is 2.15. The molecular formula is C12H15FN6O. The maximum absolute atomic E-state index is 13.7. The number of amides is 1. The molecule has 1 heterocycles.